The molecule has 0 fully saturated rings. The fourth-order valence-electron chi connectivity index (χ4n) is 3.53. The van der Waals surface area contributed by atoms with Gasteiger partial charge in [-0.2, -0.15) is 5.10 Å². The minimum atomic E-state index is -3.89. The smallest absolute Gasteiger partial charge is 0.240 e. The number of anilines is 2. The third-order valence-corrected chi connectivity index (χ3v) is 7.43. The minimum Gasteiger partial charge on any atom is -0.733 e. The van der Waals surface area contributed by atoms with Crippen molar-refractivity contribution in [2.75, 3.05) is 16.8 Å². The number of nitrogens with one attached hydrogen (secondary N) is 1. The minimum absolute atomic E-state index is 0.0381. The normalized spacial score (nSPS) is 16.0. The zero-order valence-corrected chi connectivity index (χ0v) is 20.5. The van der Waals surface area contributed by atoms with E-state index in [1.54, 1.807) is 35.3 Å². The SMILES string of the molecule is O=S(=O)(NCC1=NN(c2ccc(Cl)cc2Cl)C(c2ccc(Cl)cc2)C1)c1ccc(N([O-])O)cc1. The molecule has 0 saturated carbocycles. The first-order chi connectivity index (χ1) is 16.1. The van der Waals surface area contributed by atoms with Crippen LogP contribution in [0.1, 0.15) is 18.0 Å². The Hall–Kier alpha value is -2.37. The van der Waals surface area contributed by atoms with E-state index in [0.717, 1.165) is 5.56 Å². The molecule has 3 aromatic carbocycles. The summed E-state index contributed by atoms with van der Waals surface area (Å²) in [5.74, 6) is 0. The second-order valence-corrected chi connectivity index (χ2v) is 10.5. The van der Waals surface area contributed by atoms with Crippen molar-refractivity contribution in [1.29, 1.82) is 0 Å². The van der Waals surface area contributed by atoms with Gasteiger partial charge in [-0.25, -0.2) is 13.1 Å². The molecule has 3 aromatic rings. The van der Waals surface area contributed by atoms with Gasteiger partial charge in [0.2, 0.25) is 10.0 Å². The maximum absolute atomic E-state index is 12.7. The zero-order valence-electron chi connectivity index (χ0n) is 17.4. The molecule has 1 aliphatic rings. The van der Waals surface area contributed by atoms with Crippen LogP contribution in [0.15, 0.2) is 76.7 Å². The highest BCUT2D eigenvalue weighted by Gasteiger charge is 2.31. The lowest BCUT2D eigenvalue weighted by molar-refractivity contribution is 0.296. The highest BCUT2D eigenvalue weighted by molar-refractivity contribution is 7.89. The number of hydrogen-bond acceptors (Lipinski definition) is 7. The monoisotopic (exact) mass is 539 g/mol. The third kappa shape index (κ3) is 5.47. The van der Waals surface area contributed by atoms with Gasteiger partial charge in [0.05, 0.1) is 39.6 Å². The molecule has 0 radical (unpaired) electrons. The van der Waals surface area contributed by atoms with Gasteiger partial charge in [-0.3, -0.25) is 10.2 Å². The van der Waals surface area contributed by atoms with Gasteiger partial charge in [-0.1, -0.05) is 46.9 Å². The van der Waals surface area contributed by atoms with E-state index in [0.29, 0.717) is 32.9 Å². The third-order valence-electron chi connectivity index (χ3n) is 5.22. The molecule has 34 heavy (non-hydrogen) atoms. The number of halogens is 3. The average molecular weight is 541 g/mol. The van der Waals surface area contributed by atoms with Crippen LogP contribution in [0.5, 0.6) is 0 Å². The number of nitrogens with zero attached hydrogens (tertiary/aromatic N) is 3. The molecule has 0 aliphatic carbocycles. The molecule has 178 valence electrons. The Kier molecular flexibility index (Phi) is 7.34. The van der Waals surface area contributed by atoms with Crippen molar-refractivity contribution in [3.63, 3.8) is 0 Å². The highest BCUT2D eigenvalue weighted by Crippen LogP contribution is 2.39. The summed E-state index contributed by atoms with van der Waals surface area (Å²) < 4.78 is 28.0. The van der Waals surface area contributed by atoms with Crippen molar-refractivity contribution in [3.8, 4) is 0 Å². The summed E-state index contributed by atoms with van der Waals surface area (Å²) in [5, 5.41) is 27.4. The molecule has 1 atom stereocenters. The molecule has 8 nitrogen and oxygen atoms in total. The topological polar surface area (TPSA) is 108 Å². The van der Waals surface area contributed by atoms with Crippen LogP contribution in [-0.4, -0.2) is 25.9 Å². The second kappa shape index (κ2) is 10.1. The van der Waals surface area contributed by atoms with E-state index < -0.39 is 10.0 Å². The van der Waals surface area contributed by atoms with E-state index in [1.165, 1.54) is 24.3 Å². The van der Waals surface area contributed by atoms with Gasteiger partial charge >= 0.3 is 0 Å². The first-order valence-electron chi connectivity index (χ1n) is 9.96. The predicted octanol–water partition coefficient (Wildman–Crippen LogP) is 5.63. The van der Waals surface area contributed by atoms with Crippen molar-refractivity contribution >= 4 is 61.9 Å². The quantitative estimate of drug-likeness (QED) is 0.376. The summed E-state index contributed by atoms with van der Waals surface area (Å²) in [6, 6.07) is 17.0. The molecule has 12 heteroatoms. The van der Waals surface area contributed by atoms with Crippen molar-refractivity contribution in [3.05, 3.63) is 92.6 Å². The van der Waals surface area contributed by atoms with Crippen molar-refractivity contribution < 1.29 is 13.6 Å². The van der Waals surface area contributed by atoms with Crippen molar-refractivity contribution in [2.45, 2.75) is 17.4 Å². The lowest BCUT2D eigenvalue weighted by Crippen LogP contribution is -2.29. The van der Waals surface area contributed by atoms with Gasteiger partial charge in [0.1, 0.15) is 0 Å². The predicted molar refractivity (Wildman–Crippen MR) is 134 cm³/mol. The van der Waals surface area contributed by atoms with E-state index in [2.05, 4.69) is 9.82 Å². The highest BCUT2D eigenvalue weighted by atomic mass is 35.5. The maximum Gasteiger partial charge on any atom is 0.240 e. The van der Waals surface area contributed by atoms with Crippen LogP contribution in [-0.2, 0) is 10.0 Å². The Balaban J connectivity index is 1.58. The molecule has 1 heterocycles. The van der Waals surface area contributed by atoms with Crippen molar-refractivity contribution in [1.82, 2.24) is 4.72 Å². The lowest BCUT2D eigenvalue weighted by Gasteiger charge is -2.25. The summed E-state index contributed by atoms with van der Waals surface area (Å²) in [5.41, 5.74) is 2.07. The van der Waals surface area contributed by atoms with E-state index in [4.69, 9.17) is 40.0 Å². The van der Waals surface area contributed by atoms with E-state index >= 15 is 0 Å². The van der Waals surface area contributed by atoms with Gasteiger partial charge in [0, 0.05) is 16.5 Å². The Bertz CT molecular complexity index is 1320. The number of benzene rings is 3. The van der Waals surface area contributed by atoms with E-state index in [-0.39, 0.29) is 28.4 Å². The van der Waals surface area contributed by atoms with E-state index in [1.807, 2.05) is 12.1 Å². The molecule has 0 amide bonds. The standard InChI is InChI=1S/C22H18Cl3N4O4S/c23-15-3-1-14(2-4-15)22-12-17(27-28(22)21-10-5-16(24)11-20(21)25)13-26-34(32,33)19-8-6-18(7-9-19)29(30)31/h1-11,22,26,30H,12-13H2/q-1. The molecular formula is C22H18Cl3N4O4S-. The van der Waals surface area contributed by atoms with Crippen LogP contribution >= 0.6 is 34.8 Å². The summed E-state index contributed by atoms with van der Waals surface area (Å²) in [7, 11) is -3.89. The summed E-state index contributed by atoms with van der Waals surface area (Å²) >= 11 is 18.5. The first-order valence-corrected chi connectivity index (χ1v) is 12.6. The zero-order chi connectivity index (χ0) is 24.5. The van der Waals surface area contributed by atoms with Crippen LogP contribution < -0.4 is 15.0 Å². The fraction of sp³-hybridized carbons (Fsp3) is 0.136. The first kappa shape index (κ1) is 24.7. The fourth-order valence-corrected chi connectivity index (χ4v) is 5.17. The number of hydrogen-bond donors (Lipinski definition) is 2. The molecule has 0 saturated heterocycles. The van der Waals surface area contributed by atoms with Crippen LogP contribution in [0.25, 0.3) is 0 Å². The Morgan fingerprint density at radius 2 is 1.68 bits per heavy atom. The average Bonchev–Trinajstić information content (AvgIpc) is 3.22. The number of sulfonamides is 1. The van der Waals surface area contributed by atoms with Gasteiger partial charge in [-0.15, -0.1) is 0 Å². The number of hydrazone groups is 1. The Morgan fingerprint density at radius 3 is 2.29 bits per heavy atom. The summed E-state index contributed by atoms with van der Waals surface area (Å²) in [6.45, 7) is -0.0381. The van der Waals surface area contributed by atoms with Crippen LogP contribution in [0.4, 0.5) is 11.4 Å². The van der Waals surface area contributed by atoms with Crippen molar-refractivity contribution in [2.24, 2.45) is 5.10 Å². The van der Waals surface area contributed by atoms with Crippen LogP contribution in [0.2, 0.25) is 15.1 Å². The molecule has 4 rings (SSSR count). The Labute approximate surface area is 211 Å². The molecule has 2 N–H and O–H groups in total. The summed E-state index contributed by atoms with van der Waals surface area (Å²) in [4.78, 5) is -0.0523. The van der Waals surface area contributed by atoms with Gasteiger partial charge < -0.3 is 10.4 Å². The molecule has 0 spiro atoms. The lowest BCUT2D eigenvalue weighted by atomic mass is 10.0. The van der Waals surface area contributed by atoms with E-state index in [9.17, 15) is 13.6 Å². The van der Waals surface area contributed by atoms with Crippen LogP contribution in [0, 0.1) is 5.21 Å². The molecule has 0 aromatic heterocycles. The Morgan fingerprint density at radius 1 is 1.03 bits per heavy atom. The van der Waals surface area contributed by atoms with Gasteiger partial charge in [0.25, 0.3) is 0 Å². The molecule has 1 unspecified atom stereocenters. The number of rotatable bonds is 7. The molecule has 1 aliphatic heterocycles. The maximum atomic E-state index is 12.7. The largest absolute Gasteiger partial charge is 0.733 e. The second-order valence-electron chi connectivity index (χ2n) is 7.47. The summed E-state index contributed by atoms with van der Waals surface area (Å²) in [6.07, 6.45) is 0.442. The van der Waals surface area contributed by atoms with Gasteiger partial charge in [0.15, 0.2) is 0 Å². The van der Waals surface area contributed by atoms with Gasteiger partial charge in [-0.05, 0) is 60.2 Å². The molecular weight excluding hydrogens is 523 g/mol. The van der Waals surface area contributed by atoms with Crippen LogP contribution in [0.3, 0.4) is 0 Å². The molecule has 0 bridgehead atoms.